The largest absolute Gasteiger partial charge is 0.322 e. The zero-order valence-electron chi connectivity index (χ0n) is 12.6. The predicted octanol–water partition coefficient (Wildman–Crippen LogP) is 3.37. The minimum atomic E-state index is 0.0311. The lowest BCUT2D eigenvalue weighted by molar-refractivity contribution is 0.205. The first-order valence-corrected chi connectivity index (χ1v) is 7.50. The van der Waals surface area contributed by atoms with E-state index < -0.39 is 0 Å². The molecule has 1 aliphatic heterocycles. The summed E-state index contributed by atoms with van der Waals surface area (Å²) in [7, 11) is 1.94. The Morgan fingerprint density at radius 2 is 2.30 bits per heavy atom. The Labute approximate surface area is 121 Å². The zero-order valence-corrected chi connectivity index (χ0v) is 12.6. The molecule has 4 heteroatoms. The van der Waals surface area contributed by atoms with Gasteiger partial charge in [0, 0.05) is 24.3 Å². The van der Waals surface area contributed by atoms with Crippen LogP contribution < -0.4 is 10.6 Å². The van der Waals surface area contributed by atoms with E-state index in [1.165, 1.54) is 5.56 Å². The highest BCUT2D eigenvalue weighted by atomic mass is 16.2. The highest BCUT2D eigenvalue weighted by molar-refractivity contribution is 5.89. The average molecular weight is 275 g/mol. The summed E-state index contributed by atoms with van der Waals surface area (Å²) in [5.74, 6) is 0. The molecule has 20 heavy (non-hydrogen) atoms. The van der Waals surface area contributed by atoms with Gasteiger partial charge in [-0.15, -0.1) is 0 Å². The van der Waals surface area contributed by atoms with E-state index in [9.17, 15) is 4.79 Å². The molecule has 110 valence electrons. The summed E-state index contributed by atoms with van der Waals surface area (Å²) >= 11 is 0. The van der Waals surface area contributed by atoms with Gasteiger partial charge < -0.3 is 15.5 Å². The number of benzene rings is 1. The highest BCUT2D eigenvalue weighted by Gasteiger charge is 2.27. The topological polar surface area (TPSA) is 44.4 Å². The monoisotopic (exact) mass is 275 g/mol. The summed E-state index contributed by atoms with van der Waals surface area (Å²) in [4.78, 5) is 14.3. The maximum absolute atomic E-state index is 12.3. The highest BCUT2D eigenvalue weighted by Crippen LogP contribution is 2.22. The SMILES string of the molecule is CCC1CCCN1C(=O)Nc1cccc(C(C)NC)c1. The normalized spacial score (nSPS) is 19.9. The van der Waals surface area contributed by atoms with Crippen molar-refractivity contribution in [1.82, 2.24) is 10.2 Å². The summed E-state index contributed by atoms with van der Waals surface area (Å²) in [6.45, 7) is 5.12. The molecule has 1 aromatic carbocycles. The van der Waals surface area contributed by atoms with Crippen molar-refractivity contribution < 1.29 is 4.79 Å². The molecule has 1 aliphatic rings. The molecule has 2 atom stereocenters. The van der Waals surface area contributed by atoms with E-state index in [0.717, 1.165) is 31.5 Å². The zero-order chi connectivity index (χ0) is 14.5. The molecule has 2 rings (SSSR count). The van der Waals surface area contributed by atoms with Gasteiger partial charge in [0.2, 0.25) is 0 Å². The van der Waals surface area contributed by atoms with E-state index in [4.69, 9.17) is 0 Å². The van der Waals surface area contributed by atoms with E-state index in [1.54, 1.807) is 0 Å². The third-order valence-electron chi connectivity index (χ3n) is 4.18. The number of urea groups is 1. The number of amides is 2. The second-order valence-corrected chi connectivity index (χ2v) is 5.46. The summed E-state index contributed by atoms with van der Waals surface area (Å²) in [5.41, 5.74) is 2.05. The van der Waals surface area contributed by atoms with Crippen molar-refractivity contribution in [3.8, 4) is 0 Å². The average Bonchev–Trinajstić information content (AvgIpc) is 2.95. The number of rotatable bonds is 4. The van der Waals surface area contributed by atoms with Crippen LogP contribution in [0.1, 0.15) is 44.7 Å². The lowest BCUT2D eigenvalue weighted by Gasteiger charge is -2.24. The number of likely N-dealkylation sites (tertiary alicyclic amines) is 1. The fourth-order valence-corrected chi connectivity index (χ4v) is 2.78. The van der Waals surface area contributed by atoms with Crippen molar-refractivity contribution in [1.29, 1.82) is 0 Å². The molecule has 0 bridgehead atoms. The van der Waals surface area contributed by atoms with Crippen LogP contribution in [-0.2, 0) is 0 Å². The number of nitrogens with zero attached hydrogens (tertiary/aromatic N) is 1. The number of nitrogens with one attached hydrogen (secondary N) is 2. The Hall–Kier alpha value is -1.55. The Kier molecular flexibility index (Phi) is 5.01. The molecule has 4 nitrogen and oxygen atoms in total. The molecule has 2 unspecified atom stereocenters. The molecule has 0 spiro atoms. The number of hydrogen-bond donors (Lipinski definition) is 2. The van der Waals surface area contributed by atoms with E-state index in [1.807, 2.05) is 30.1 Å². The second-order valence-electron chi connectivity index (χ2n) is 5.46. The minimum absolute atomic E-state index is 0.0311. The van der Waals surface area contributed by atoms with Crippen molar-refractivity contribution >= 4 is 11.7 Å². The Morgan fingerprint density at radius 1 is 1.50 bits per heavy atom. The van der Waals surface area contributed by atoms with E-state index >= 15 is 0 Å². The van der Waals surface area contributed by atoms with Crippen molar-refractivity contribution in [2.24, 2.45) is 0 Å². The van der Waals surface area contributed by atoms with Crippen LogP contribution in [0.25, 0.3) is 0 Å². The predicted molar refractivity (Wildman–Crippen MR) is 83.0 cm³/mol. The summed E-state index contributed by atoms with van der Waals surface area (Å²) in [6.07, 6.45) is 3.27. The molecule has 2 amide bonds. The number of carbonyl (C=O) groups excluding carboxylic acids is 1. The van der Waals surface area contributed by atoms with Crippen LogP contribution in [0.3, 0.4) is 0 Å². The van der Waals surface area contributed by atoms with Gasteiger partial charge in [0.05, 0.1) is 0 Å². The maximum Gasteiger partial charge on any atom is 0.322 e. The number of anilines is 1. The minimum Gasteiger partial charge on any atom is -0.322 e. The molecule has 1 heterocycles. The van der Waals surface area contributed by atoms with Gasteiger partial charge in [0.1, 0.15) is 0 Å². The second kappa shape index (κ2) is 6.75. The Balaban J connectivity index is 2.04. The molecule has 2 N–H and O–H groups in total. The van der Waals surface area contributed by atoms with Crippen LogP contribution in [0, 0.1) is 0 Å². The Bertz CT molecular complexity index is 461. The molecular weight excluding hydrogens is 250 g/mol. The third-order valence-corrected chi connectivity index (χ3v) is 4.18. The van der Waals surface area contributed by atoms with Crippen molar-refractivity contribution in [3.63, 3.8) is 0 Å². The van der Waals surface area contributed by atoms with Crippen LogP contribution in [0.4, 0.5) is 10.5 Å². The van der Waals surface area contributed by atoms with Gasteiger partial charge >= 0.3 is 6.03 Å². The molecule has 0 aromatic heterocycles. The summed E-state index contributed by atoms with van der Waals surface area (Å²) in [5, 5.41) is 6.24. The molecule has 0 saturated carbocycles. The lowest BCUT2D eigenvalue weighted by Crippen LogP contribution is -2.38. The van der Waals surface area contributed by atoms with Gasteiger partial charge in [-0.25, -0.2) is 4.79 Å². The first-order valence-electron chi connectivity index (χ1n) is 7.50. The van der Waals surface area contributed by atoms with E-state index in [-0.39, 0.29) is 12.1 Å². The van der Waals surface area contributed by atoms with Gasteiger partial charge in [-0.05, 0) is 50.9 Å². The number of carbonyl (C=O) groups is 1. The standard InChI is InChI=1S/C16H25N3O/c1-4-15-9-6-10-19(15)16(20)18-14-8-5-7-13(11-14)12(2)17-3/h5,7-8,11-12,15,17H,4,6,9-10H2,1-3H3,(H,18,20). The fourth-order valence-electron chi connectivity index (χ4n) is 2.78. The number of hydrogen-bond acceptors (Lipinski definition) is 2. The molecular formula is C16H25N3O. The van der Waals surface area contributed by atoms with Crippen LogP contribution >= 0.6 is 0 Å². The van der Waals surface area contributed by atoms with Gasteiger partial charge in [-0.2, -0.15) is 0 Å². The fraction of sp³-hybridized carbons (Fsp3) is 0.562. The molecule has 1 saturated heterocycles. The van der Waals surface area contributed by atoms with Crippen LogP contribution in [0.2, 0.25) is 0 Å². The van der Waals surface area contributed by atoms with E-state index in [0.29, 0.717) is 6.04 Å². The first kappa shape index (κ1) is 14.9. The van der Waals surface area contributed by atoms with Gasteiger partial charge in [0.15, 0.2) is 0 Å². The smallest absolute Gasteiger partial charge is 0.322 e. The molecule has 1 fully saturated rings. The van der Waals surface area contributed by atoms with Gasteiger partial charge in [-0.3, -0.25) is 0 Å². The lowest BCUT2D eigenvalue weighted by atomic mass is 10.1. The molecule has 0 radical (unpaired) electrons. The van der Waals surface area contributed by atoms with Crippen molar-refractivity contribution in [2.45, 2.75) is 45.2 Å². The van der Waals surface area contributed by atoms with Gasteiger partial charge in [-0.1, -0.05) is 19.1 Å². The van der Waals surface area contributed by atoms with Crippen LogP contribution in [0.15, 0.2) is 24.3 Å². The van der Waals surface area contributed by atoms with Gasteiger partial charge in [0.25, 0.3) is 0 Å². The first-order chi connectivity index (χ1) is 9.65. The molecule has 1 aromatic rings. The Morgan fingerprint density at radius 3 is 3.00 bits per heavy atom. The third kappa shape index (κ3) is 3.31. The summed E-state index contributed by atoms with van der Waals surface area (Å²) < 4.78 is 0. The van der Waals surface area contributed by atoms with Crippen molar-refractivity contribution in [3.05, 3.63) is 29.8 Å². The van der Waals surface area contributed by atoms with Crippen LogP contribution in [-0.4, -0.2) is 30.6 Å². The van der Waals surface area contributed by atoms with E-state index in [2.05, 4.69) is 30.5 Å². The summed E-state index contributed by atoms with van der Waals surface area (Å²) in [6, 6.07) is 8.75. The maximum atomic E-state index is 12.3. The quantitative estimate of drug-likeness (QED) is 0.885. The molecule has 0 aliphatic carbocycles. The van der Waals surface area contributed by atoms with Crippen molar-refractivity contribution in [2.75, 3.05) is 18.9 Å². The van der Waals surface area contributed by atoms with Crippen LogP contribution in [0.5, 0.6) is 0 Å².